The fourth-order valence-corrected chi connectivity index (χ4v) is 1.67. The summed E-state index contributed by atoms with van der Waals surface area (Å²) in [6.07, 6.45) is 1.58. The molecule has 0 aliphatic carbocycles. The topological polar surface area (TPSA) is 58.4 Å². The molecule has 0 atom stereocenters. The van der Waals surface area contributed by atoms with Crippen molar-refractivity contribution >= 4 is 5.91 Å². The molecule has 100 valence electrons. The van der Waals surface area contributed by atoms with E-state index < -0.39 is 5.82 Å². The number of aliphatic hydroxyl groups excluding tert-OH is 1. The second-order valence-electron chi connectivity index (χ2n) is 4.32. The maximum atomic E-state index is 13.4. The summed E-state index contributed by atoms with van der Waals surface area (Å²) in [6, 6.07) is 5.71. The van der Waals surface area contributed by atoms with Crippen LogP contribution in [0.3, 0.4) is 0 Å². The predicted octanol–water partition coefficient (Wildman–Crippen LogP) is 1.21. The van der Waals surface area contributed by atoms with Gasteiger partial charge in [0.05, 0.1) is 12.3 Å². The average molecular weight is 263 g/mol. The van der Waals surface area contributed by atoms with Crippen molar-refractivity contribution in [3.63, 3.8) is 0 Å². The van der Waals surface area contributed by atoms with Gasteiger partial charge in [0.25, 0.3) is 5.91 Å². The van der Waals surface area contributed by atoms with Crippen LogP contribution >= 0.6 is 0 Å². The molecule has 0 aliphatic rings. The monoisotopic (exact) mass is 263 g/mol. The van der Waals surface area contributed by atoms with Crippen LogP contribution in [0.15, 0.2) is 30.5 Å². The second-order valence-corrected chi connectivity index (χ2v) is 4.32. The number of aliphatic hydroxyl groups is 1. The maximum Gasteiger partial charge on any atom is 0.273 e. The van der Waals surface area contributed by atoms with Crippen LogP contribution in [0.1, 0.15) is 16.1 Å². The molecular formula is C13H14FN3O2. The highest BCUT2D eigenvalue weighted by atomic mass is 19.1. The molecule has 19 heavy (non-hydrogen) atoms. The van der Waals surface area contributed by atoms with E-state index in [1.807, 2.05) is 0 Å². The molecular weight excluding hydrogens is 249 g/mol. The molecule has 6 heteroatoms. The number of carbonyl (C=O) groups excluding carboxylic acids is 1. The van der Waals surface area contributed by atoms with Crippen molar-refractivity contribution in [1.29, 1.82) is 0 Å². The zero-order valence-electron chi connectivity index (χ0n) is 10.7. The number of carbonyl (C=O) groups is 1. The van der Waals surface area contributed by atoms with E-state index in [9.17, 15) is 9.18 Å². The van der Waals surface area contributed by atoms with Crippen molar-refractivity contribution in [3.8, 4) is 5.69 Å². The number of hydrogen-bond donors (Lipinski definition) is 1. The van der Waals surface area contributed by atoms with Gasteiger partial charge in [-0.25, -0.2) is 9.07 Å². The van der Waals surface area contributed by atoms with Gasteiger partial charge in [0.15, 0.2) is 5.69 Å². The molecule has 5 nitrogen and oxygen atoms in total. The summed E-state index contributed by atoms with van der Waals surface area (Å²) in [5.41, 5.74) is 1.19. The number of rotatable bonds is 3. The minimum Gasteiger partial charge on any atom is -0.392 e. The van der Waals surface area contributed by atoms with Crippen LogP contribution in [-0.2, 0) is 6.61 Å². The Morgan fingerprint density at radius 3 is 2.79 bits per heavy atom. The summed E-state index contributed by atoms with van der Waals surface area (Å²) in [4.78, 5) is 13.1. The van der Waals surface area contributed by atoms with E-state index in [1.54, 1.807) is 32.4 Å². The molecule has 0 radical (unpaired) electrons. The molecule has 0 unspecified atom stereocenters. The van der Waals surface area contributed by atoms with Crippen LogP contribution in [0.25, 0.3) is 5.69 Å². The lowest BCUT2D eigenvalue weighted by Gasteiger charge is -2.07. The summed E-state index contributed by atoms with van der Waals surface area (Å²) in [7, 11) is 3.26. The van der Waals surface area contributed by atoms with E-state index in [4.69, 9.17) is 5.11 Å². The molecule has 0 saturated heterocycles. The van der Waals surface area contributed by atoms with Crippen molar-refractivity contribution in [1.82, 2.24) is 14.7 Å². The smallest absolute Gasteiger partial charge is 0.273 e. The van der Waals surface area contributed by atoms with Crippen molar-refractivity contribution < 1.29 is 14.3 Å². The first-order valence-corrected chi connectivity index (χ1v) is 5.69. The first kappa shape index (κ1) is 13.2. The van der Waals surface area contributed by atoms with Gasteiger partial charge in [-0.05, 0) is 29.8 Å². The van der Waals surface area contributed by atoms with Gasteiger partial charge >= 0.3 is 0 Å². The highest BCUT2D eigenvalue weighted by molar-refractivity contribution is 5.91. The molecule has 1 aromatic carbocycles. The Hall–Kier alpha value is -2.21. The standard InChI is InChI=1S/C13H14FN3O2/c1-16(2)13(19)12-3-4-17(15-12)11-6-9(8-18)5-10(14)7-11/h3-7,18H,8H2,1-2H3. The van der Waals surface area contributed by atoms with Crippen molar-refractivity contribution in [2.45, 2.75) is 6.61 Å². The van der Waals surface area contributed by atoms with E-state index in [0.717, 1.165) is 0 Å². The van der Waals surface area contributed by atoms with Crippen LogP contribution in [0.4, 0.5) is 4.39 Å². The zero-order valence-corrected chi connectivity index (χ0v) is 10.7. The third-order valence-electron chi connectivity index (χ3n) is 2.60. The lowest BCUT2D eigenvalue weighted by atomic mass is 10.2. The van der Waals surface area contributed by atoms with Gasteiger partial charge in [0, 0.05) is 20.3 Å². The second kappa shape index (κ2) is 5.19. The zero-order chi connectivity index (χ0) is 14.0. The van der Waals surface area contributed by atoms with E-state index in [1.165, 1.54) is 21.7 Å². The predicted molar refractivity (Wildman–Crippen MR) is 67.5 cm³/mol. The molecule has 1 amide bonds. The van der Waals surface area contributed by atoms with Crippen molar-refractivity contribution in [2.75, 3.05) is 14.1 Å². The highest BCUT2D eigenvalue weighted by Gasteiger charge is 2.12. The number of amides is 1. The molecule has 2 rings (SSSR count). The first-order valence-electron chi connectivity index (χ1n) is 5.69. The fourth-order valence-electron chi connectivity index (χ4n) is 1.67. The molecule has 2 aromatic rings. The Bertz CT molecular complexity index is 608. The van der Waals surface area contributed by atoms with Crippen molar-refractivity contribution in [2.24, 2.45) is 0 Å². The Kier molecular flexibility index (Phi) is 3.62. The SMILES string of the molecule is CN(C)C(=O)c1ccn(-c2cc(F)cc(CO)c2)n1. The number of benzene rings is 1. The fraction of sp³-hybridized carbons (Fsp3) is 0.231. The maximum absolute atomic E-state index is 13.4. The summed E-state index contributed by atoms with van der Waals surface area (Å²) in [6.45, 7) is -0.254. The Labute approximate surface area is 109 Å². The van der Waals surface area contributed by atoms with Gasteiger partial charge in [-0.15, -0.1) is 0 Å². The largest absolute Gasteiger partial charge is 0.392 e. The van der Waals surface area contributed by atoms with Crippen LogP contribution in [-0.4, -0.2) is 39.8 Å². The molecule has 0 aliphatic heterocycles. The number of hydrogen-bond acceptors (Lipinski definition) is 3. The Balaban J connectivity index is 2.37. The van der Waals surface area contributed by atoms with Crippen LogP contribution in [0.2, 0.25) is 0 Å². The van der Waals surface area contributed by atoms with Gasteiger partial charge in [-0.3, -0.25) is 4.79 Å². The Morgan fingerprint density at radius 1 is 1.42 bits per heavy atom. The third kappa shape index (κ3) is 2.79. The number of nitrogens with zero attached hydrogens (tertiary/aromatic N) is 3. The highest BCUT2D eigenvalue weighted by Crippen LogP contribution is 2.14. The van der Waals surface area contributed by atoms with Crippen molar-refractivity contribution in [3.05, 3.63) is 47.5 Å². The summed E-state index contributed by atoms with van der Waals surface area (Å²) in [5, 5.41) is 13.1. The number of halogens is 1. The van der Waals surface area contributed by atoms with Gasteiger partial charge in [-0.1, -0.05) is 0 Å². The summed E-state index contributed by atoms with van der Waals surface area (Å²) >= 11 is 0. The minimum absolute atomic E-state index is 0.225. The normalized spacial score (nSPS) is 10.5. The van der Waals surface area contributed by atoms with E-state index >= 15 is 0 Å². The molecule has 0 saturated carbocycles. The van der Waals surface area contributed by atoms with E-state index in [-0.39, 0.29) is 18.2 Å². The van der Waals surface area contributed by atoms with Gasteiger partial charge < -0.3 is 10.0 Å². The van der Waals surface area contributed by atoms with E-state index in [2.05, 4.69) is 5.10 Å². The Morgan fingerprint density at radius 2 is 2.16 bits per heavy atom. The molecule has 0 fully saturated rings. The molecule has 1 N–H and O–H groups in total. The molecule has 0 bridgehead atoms. The van der Waals surface area contributed by atoms with Crippen LogP contribution < -0.4 is 0 Å². The van der Waals surface area contributed by atoms with Gasteiger partial charge in [0.1, 0.15) is 5.82 Å². The lowest BCUT2D eigenvalue weighted by Crippen LogP contribution is -2.22. The quantitative estimate of drug-likeness (QED) is 0.905. The summed E-state index contributed by atoms with van der Waals surface area (Å²) in [5.74, 6) is -0.685. The van der Waals surface area contributed by atoms with Crippen LogP contribution in [0.5, 0.6) is 0 Å². The van der Waals surface area contributed by atoms with Crippen LogP contribution in [0, 0.1) is 5.82 Å². The third-order valence-corrected chi connectivity index (χ3v) is 2.60. The first-order chi connectivity index (χ1) is 9.01. The minimum atomic E-state index is -0.461. The molecule has 0 spiro atoms. The number of aromatic nitrogens is 2. The molecule has 1 aromatic heterocycles. The average Bonchev–Trinajstić information content (AvgIpc) is 2.86. The van der Waals surface area contributed by atoms with Gasteiger partial charge in [0.2, 0.25) is 0 Å². The summed E-state index contributed by atoms with van der Waals surface area (Å²) < 4.78 is 14.8. The lowest BCUT2D eigenvalue weighted by molar-refractivity contribution is 0.0821. The van der Waals surface area contributed by atoms with E-state index in [0.29, 0.717) is 11.3 Å². The van der Waals surface area contributed by atoms with Gasteiger partial charge in [-0.2, -0.15) is 5.10 Å². The molecule has 1 heterocycles.